The number of benzene rings is 1. The normalized spacial score (nSPS) is 20.1. The van der Waals surface area contributed by atoms with Crippen molar-refractivity contribution < 1.29 is 14.3 Å². The van der Waals surface area contributed by atoms with Crippen LogP contribution in [0.4, 0.5) is 5.69 Å². The highest BCUT2D eigenvalue weighted by molar-refractivity contribution is 6.40. The summed E-state index contributed by atoms with van der Waals surface area (Å²) >= 11 is 0. The van der Waals surface area contributed by atoms with Crippen molar-refractivity contribution in [1.82, 2.24) is 10.2 Å². The van der Waals surface area contributed by atoms with Crippen LogP contribution in [0.3, 0.4) is 0 Å². The lowest BCUT2D eigenvalue weighted by Crippen LogP contribution is -2.48. The molecular formula is C18H24N4O3. The number of morpholine rings is 1. The van der Waals surface area contributed by atoms with E-state index in [1.807, 2.05) is 37.3 Å². The van der Waals surface area contributed by atoms with Gasteiger partial charge >= 0.3 is 0 Å². The molecule has 2 aliphatic heterocycles. The summed E-state index contributed by atoms with van der Waals surface area (Å²) < 4.78 is 5.34. The van der Waals surface area contributed by atoms with Gasteiger partial charge in [0.25, 0.3) is 5.91 Å². The van der Waals surface area contributed by atoms with Crippen LogP contribution in [0.2, 0.25) is 0 Å². The molecule has 25 heavy (non-hydrogen) atoms. The maximum atomic E-state index is 12.5. The van der Waals surface area contributed by atoms with Gasteiger partial charge in [-0.15, -0.1) is 0 Å². The molecule has 1 N–H and O–H groups in total. The minimum Gasteiger partial charge on any atom is -0.379 e. The zero-order chi connectivity index (χ0) is 17.6. The molecular weight excluding hydrogens is 320 g/mol. The highest BCUT2D eigenvalue weighted by Gasteiger charge is 2.26. The Morgan fingerprint density at radius 3 is 2.68 bits per heavy atom. The molecule has 0 saturated carbocycles. The molecule has 0 aromatic heterocycles. The molecule has 1 unspecified atom stereocenters. The number of amides is 2. The Bertz CT molecular complexity index is 641. The molecule has 134 valence electrons. The third kappa shape index (κ3) is 4.64. The Morgan fingerprint density at radius 2 is 1.96 bits per heavy atom. The van der Waals surface area contributed by atoms with Gasteiger partial charge in [-0.3, -0.25) is 14.5 Å². The lowest BCUT2D eigenvalue weighted by Gasteiger charge is -2.29. The van der Waals surface area contributed by atoms with Crippen LogP contribution >= 0.6 is 0 Å². The third-order valence-electron chi connectivity index (χ3n) is 4.31. The van der Waals surface area contributed by atoms with Crippen LogP contribution in [-0.4, -0.2) is 61.3 Å². The summed E-state index contributed by atoms with van der Waals surface area (Å²) in [5, 5.41) is 8.61. The van der Waals surface area contributed by atoms with Gasteiger partial charge in [0.15, 0.2) is 0 Å². The first kappa shape index (κ1) is 17.6. The molecule has 0 radical (unpaired) electrons. The molecule has 2 aliphatic rings. The van der Waals surface area contributed by atoms with E-state index in [9.17, 15) is 9.59 Å². The van der Waals surface area contributed by atoms with Crippen molar-refractivity contribution in [2.24, 2.45) is 5.10 Å². The second kappa shape index (κ2) is 8.22. The van der Waals surface area contributed by atoms with E-state index in [0.29, 0.717) is 24.2 Å². The number of nitrogens with zero attached hydrogens (tertiary/aromatic N) is 3. The van der Waals surface area contributed by atoms with Gasteiger partial charge < -0.3 is 10.1 Å². The minimum absolute atomic E-state index is 0.0103. The highest BCUT2D eigenvalue weighted by atomic mass is 16.5. The Morgan fingerprint density at radius 1 is 1.24 bits per heavy atom. The van der Waals surface area contributed by atoms with Gasteiger partial charge in [-0.2, -0.15) is 5.10 Å². The summed E-state index contributed by atoms with van der Waals surface area (Å²) in [5.41, 5.74) is 1.08. The smallest absolute Gasteiger partial charge is 0.267 e. The van der Waals surface area contributed by atoms with Crippen LogP contribution in [0.15, 0.2) is 35.4 Å². The van der Waals surface area contributed by atoms with E-state index in [0.717, 1.165) is 32.8 Å². The van der Waals surface area contributed by atoms with Crippen molar-refractivity contribution in [3.63, 3.8) is 0 Å². The molecule has 1 aromatic rings. The number of ether oxygens (including phenoxy) is 1. The largest absolute Gasteiger partial charge is 0.379 e. The first-order chi connectivity index (χ1) is 12.1. The van der Waals surface area contributed by atoms with E-state index in [2.05, 4.69) is 15.3 Å². The highest BCUT2D eigenvalue weighted by Crippen LogP contribution is 2.19. The van der Waals surface area contributed by atoms with Gasteiger partial charge in [-0.1, -0.05) is 18.2 Å². The van der Waals surface area contributed by atoms with E-state index in [-0.39, 0.29) is 17.9 Å². The van der Waals surface area contributed by atoms with Crippen molar-refractivity contribution >= 4 is 23.2 Å². The van der Waals surface area contributed by atoms with E-state index in [4.69, 9.17) is 4.74 Å². The lowest BCUT2D eigenvalue weighted by atomic mass is 10.1. The molecule has 0 aliphatic carbocycles. The zero-order valence-electron chi connectivity index (χ0n) is 14.5. The van der Waals surface area contributed by atoms with E-state index >= 15 is 0 Å². The molecule has 7 heteroatoms. The molecule has 0 bridgehead atoms. The van der Waals surface area contributed by atoms with Crippen LogP contribution in [-0.2, 0) is 14.3 Å². The van der Waals surface area contributed by atoms with Crippen molar-refractivity contribution in [3.05, 3.63) is 30.3 Å². The second-order valence-corrected chi connectivity index (χ2v) is 6.38. The maximum absolute atomic E-state index is 12.5. The zero-order valence-corrected chi connectivity index (χ0v) is 14.5. The molecule has 2 heterocycles. The number of rotatable bonds is 5. The fourth-order valence-corrected chi connectivity index (χ4v) is 3.01. The molecule has 0 spiro atoms. The van der Waals surface area contributed by atoms with Gasteiger partial charge in [0.05, 0.1) is 18.9 Å². The quantitative estimate of drug-likeness (QED) is 0.865. The SMILES string of the molecule is CC(CN1CCOCC1)NC(=O)C1=NN(c2ccccc2)C(=O)CC1. The van der Waals surface area contributed by atoms with Gasteiger partial charge in [0, 0.05) is 38.5 Å². The van der Waals surface area contributed by atoms with Gasteiger partial charge in [-0.25, -0.2) is 5.01 Å². The number of hydrogen-bond acceptors (Lipinski definition) is 5. The van der Waals surface area contributed by atoms with Crippen LogP contribution in [0.25, 0.3) is 0 Å². The van der Waals surface area contributed by atoms with Crippen LogP contribution in [0.5, 0.6) is 0 Å². The first-order valence-electron chi connectivity index (χ1n) is 8.70. The first-order valence-corrected chi connectivity index (χ1v) is 8.70. The second-order valence-electron chi connectivity index (χ2n) is 6.38. The number of para-hydroxylation sites is 1. The van der Waals surface area contributed by atoms with Crippen LogP contribution < -0.4 is 10.3 Å². The Kier molecular flexibility index (Phi) is 5.78. The topological polar surface area (TPSA) is 74.2 Å². The Balaban J connectivity index is 1.61. The molecule has 1 saturated heterocycles. The number of hydrazone groups is 1. The number of hydrogen-bond donors (Lipinski definition) is 1. The summed E-state index contributed by atoms with van der Waals surface area (Å²) in [6.45, 7) is 6.01. The fraction of sp³-hybridized carbons (Fsp3) is 0.500. The number of nitrogens with one attached hydrogen (secondary N) is 1. The summed E-state index contributed by atoms with van der Waals surface area (Å²) in [6.07, 6.45) is 0.664. The summed E-state index contributed by atoms with van der Waals surface area (Å²) in [7, 11) is 0. The van der Waals surface area contributed by atoms with Gasteiger partial charge in [-0.05, 0) is 19.1 Å². The number of carbonyl (C=O) groups excluding carboxylic acids is 2. The number of carbonyl (C=O) groups is 2. The minimum atomic E-state index is -0.200. The third-order valence-corrected chi connectivity index (χ3v) is 4.31. The Labute approximate surface area is 147 Å². The molecule has 3 rings (SSSR count). The summed E-state index contributed by atoms with van der Waals surface area (Å²) in [5.74, 6) is -0.293. The standard InChI is InChI=1S/C18H24N4O3/c1-14(13-21-9-11-25-12-10-21)19-18(24)16-7-8-17(23)22(20-16)15-5-3-2-4-6-15/h2-6,14H,7-13H2,1H3,(H,19,24). The van der Waals surface area contributed by atoms with Gasteiger partial charge in [0.2, 0.25) is 5.91 Å². The van der Waals surface area contributed by atoms with Crippen molar-refractivity contribution in [2.75, 3.05) is 37.9 Å². The maximum Gasteiger partial charge on any atom is 0.267 e. The monoisotopic (exact) mass is 344 g/mol. The van der Waals surface area contributed by atoms with Crippen molar-refractivity contribution in [3.8, 4) is 0 Å². The van der Waals surface area contributed by atoms with E-state index in [1.54, 1.807) is 0 Å². The molecule has 1 aromatic carbocycles. The van der Waals surface area contributed by atoms with Crippen molar-refractivity contribution in [2.45, 2.75) is 25.8 Å². The molecule has 2 amide bonds. The lowest BCUT2D eigenvalue weighted by molar-refractivity contribution is -0.119. The summed E-state index contributed by atoms with van der Waals surface area (Å²) in [6, 6.07) is 9.19. The average Bonchev–Trinajstić information content (AvgIpc) is 2.63. The predicted octanol–water partition coefficient (Wildman–Crippen LogP) is 1.01. The molecule has 7 nitrogen and oxygen atoms in total. The van der Waals surface area contributed by atoms with Gasteiger partial charge in [0.1, 0.15) is 5.71 Å². The average molecular weight is 344 g/mol. The van der Waals surface area contributed by atoms with Crippen molar-refractivity contribution in [1.29, 1.82) is 0 Å². The molecule has 1 atom stereocenters. The van der Waals surface area contributed by atoms with Crippen LogP contribution in [0, 0.1) is 0 Å². The van der Waals surface area contributed by atoms with Crippen LogP contribution in [0.1, 0.15) is 19.8 Å². The summed E-state index contributed by atoms with van der Waals surface area (Å²) in [4.78, 5) is 26.9. The predicted molar refractivity (Wildman–Crippen MR) is 95.5 cm³/mol. The van der Waals surface area contributed by atoms with E-state index < -0.39 is 0 Å². The number of anilines is 1. The Hall–Kier alpha value is -2.25. The fourth-order valence-electron chi connectivity index (χ4n) is 3.01. The van der Waals surface area contributed by atoms with E-state index in [1.165, 1.54) is 5.01 Å². The molecule has 1 fully saturated rings.